The molecule has 1 fully saturated rings. The summed E-state index contributed by atoms with van der Waals surface area (Å²) in [4.78, 5) is 34.6. The van der Waals surface area contributed by atoms with Crippen molar-refractivity contribution in [3.05, 3.63) is 73.7 Å². The van der Waals surface area contributed by atoms with Gasteiger partial charge in [0.05, 0.1) is 0 Å². The van der Waals surface area contributed by atoms with Gasteiger partial charge in [-0.1, -0.05) is 62.2 Å². The quantitative estimate of drug-likeness (QED) is 0.539. The van der Waals surface area contributed by atoms with E-state index in [2.05, 4.69) is 31.9 Å². The van der Waals surface area contributed by atoms with Crippen LogP contribution in [0.5, 0.6) is 0 Å². The van der Waals surface area contributed by atoms with E-state index in [1.54, 1.807) is 0 Å². The molecule has 1 heterocycles. The summed E-state index contributed by atoms with van der Waals surface area (Å²) in [6.07, 6.45) is 2.18. The second-order valence-electron chi connectivity index (χ2n) is 5.41. The van der Waals surface area contributed by atoms with Crippen molar-refractivity contribution >= 4 is 55.8 Å². The van der Waals surface area contributed by atoms with Crippen molar-refractivity contribution in [1.82, 2.24) is 10.6 Å². The number of rotatable bonds is 3. The van der Waals surface area contributed by atoms with Crippen LogP contribution in [0.3, 0.4) is 0 Å². The van der Waals surface area contributed by atoms with Crippen LogP contribution in [0.4, 0.5) is 4.79 Å². The van der Waals surface area contributed by atoms with E-state index < -0.39 is 17.8 Å². The molecule has 5 nitrogen and oxygen atoms in total. The lowest BCUT2D eigenvalue weighted by Crippen LogP contribution is -2.51. The van der Waals surface area contributed by atoms with Crippen molar-refractivity contribution in [2.24, 2.45) is 0 Å². The van der Waals surface area contributed by atoms with Gasteiger partial charge in [-0.25, -0.2) is 4.79 Å². The molecular weight excluding hydrogens is 452 g/mol. The normalized spacial score (nSPS) is 14.2. The van der Waals surface area contributed by atoms with Crippen LogP contribution in [0, 0.1) is 0 Å². The molecule has 0 radical (unpaired) electrons. The molecule has 0 atom stereocenters. The third kappa shape index (κ3) is 4.05. The molecule has 0 saturated carbocycles. The number of nitrogens with one attached hydrogen (secondary N) is 2. The van der Waals surface area contributed by atoms with E-state index in [-0.39, 0.29) is 5.57 Å². The van der Waals surface area contributed by atoms with E-state index in [1.807, 2.05) is 53.1 Å². The van der Waals surface area contributed by atoms with Gasteiger partial charge in [-0.2, -0.15) is 0 Å². The number of hydrogen-bond acceptors (Lipinski definition) is 3. The summed E-state index contributed by atoms with van der Waals surface area (Å²) in [5.74, 6) is -1.41. The highest BCUT2D eigenvalue weighted by Gasteiger charge is 2.27. The summed E-state index contributed by atoms with van der Waals surface area (Å²) in [6, 6.07) is 12.7. The van der Waals surface area contributed by atoms with Gasteiger partial charge in [0.2, 0.25) is 0 Å². The van der Waals surface area contributed by atoms with Crippen LogP contribution in [0.15, 0.2) is 57.0 Å². The van der Waals surface area contributed by atoms with Gasteiger partial charge in [-0.05, 0) is 41.3 Å². The number of barbiturate groups is 1. The maximum atomic E-state index is 11.8. The first kappa shape index (κ1) is 17.6. The lowest BCUT2D eigenvalue weighted by molar-refractivity contribution is -0.123. The van der Waals surface area contributed by atoms with E-state index in [0.29, 0.717) is 5.56 Å². The molecule has 3 rings (SSSR count). The predicted octanol–water partition coefficient (Wildman–Crippen LogP) is 3.55. The summed E-state index contributed by atoms with van der Waals surface area (Å²) >= 11 is 7.07. The highest BCUT2D eigenvalue weighted by Crippen LogP contribution is 2.26. The second kappa shape index (κ2) is 7.33. The summed E-state index contributed by atoms with van der Waals surface area (Å²) in [7, 11) is 0. The Morgan fingerprint density at radius 1 is 0.840 bits per heavy atom. The molecule has 0 aromatic heterocycles. The maximum absolute atomic E-state index is 11.8. The molecule has 1 aliphatic rings. The van der Waals surface area contributed by atoms with E-state index in [9.17, 15) is 14.4 Å². The SMILES string of the molecule is O=C1NC(=O)C(=Cc2ccc(Cc3ccccc3Br)c(Br)c2)C(=O)N1. The van der Waals surface area contributed by atoms with E-state index in [0.717, 1.165) is 26.5 Å². The maximum Gasteiger partial charge on any atom is 0.328 e. The first-order chi connectivity index (χ1) is 11.9. The smallest absolute Gasteiger partial charge is 0.273 e. The van der Waals surface area contributed by atoms with Gasteiger partial charge in [0, 0.05) is 8.95 Å². The van der Waals surface area contributed by atoms with Gasteiger partial charge in [0.15, 0.2) is 0 Å². The number of imide groups is 2. The van der Waals surface area contributed by atoms with Gasteiger partial charge in [-0.3, -0.25) is 20.2 Å². The van der Waals surface area contributed by atoms with Gasteiger partial charge in [0.25, 0.3) is 11.8 Å². The molecule has 4 amide bonds. The molecule has 7 heteroatoms. The first-order valence-corrected chi connectivity index (χ1v) is 8.93. The molecule has 1 saturated heterocycles. The number of urea groups is 1. The van der Waals surface area contributed by atoms with Crippen LogP contribution in [-0.4, -0.2) is 17.8 Å². The highest BCUT2D eigenvalue weighted by atomic mass is 79.9. The summed E-state index contributed by atoms with van der Waals surface area (Å²) in [5.41, 5.74) is 2.79. The Bertz CT molecular complexity index is 900. The number of carbonyl (C=O) groups excluding carboxylic acids is 3. The number of halogens is 2. The van der Waals surface area contributed by atoms with E-state index in [1.165, 1.54) is 6.08 Å². The Hall–Kier alpha value is -2.25. The highest BCUT2D eigenvalue weighted by molar-refractivity contribution is 9.10. The molecule has 2 aromatic rings. The fraction of sp³-hybridized carbons (Fsp3) is 0.0556. The Morgan fingerprint density at radius 3 is 2.12 bits per heavy atom. The first-order valence-electron chi connectivity index (χ1n) is 7.34. The third-order valence-electron chi connectivity index (χ3n) is 3.67. The van der Waals surface area contributed by atoms with Crippen LogP contribution in [-0.2, 0) is 16.0 Å². The fourth-order valence-electron chi connectivity index (χ4n) is 2.42. The van der Waals surface area contributed by atoms with Crippen molar-refractivity contribution in [3.63, 3.8) is 0 Å². The van der Waals surface area contributed by atoms with Gasteiger partial charge in [-0.15, -0.1) is 0 Å². The van der Waals surface area contributed by atoms with Crippen molar-refractivity contribution in [2.75, 3.05) is 0 Å². The molecule has 0 bridgehead atoms. The third-order valence-corrected chi connectivity index (χ3v) is 5.18. The molecule has 0 unspecified atom stereocenters. The van der Waals surface area contributed by atoms with Crippen LogP contribution < -0.4 is 10.6 Å². The number of carbonyl (C=O) groups is 3. The molecule has 2 aromatic carbocycles. The average molecular weight is 464 g/mol. The molecule has 25 heavy (non-hydrogen) atoms. The monoisotopic (exact) mass is 462 g/mol. The van der Waals surface area contributed by atoms with Crippen LogP contribution in [0.25, 0.3) is 6.08 Å². The zero-order valence-corrected chi connectivity index (χ0v) is 16.0. The molecular formula is C18H12Br2N2O3. The van der Waals surface area contributed by atoms with Gasteiger partial charge >= 0.3 is 6.03 Å². The minimum absolute atomic E-state index is 0.106. The molecule has 0 spiro atoms. The van der Waals surface area contributed by atoms with Gasteiger partial charge < -0.3 is 0 Å². The van der Waals surface area contributed by atoms with E-state index in [4.69, 9.17) is 0 Å². The predicted molar refractivity (Wildman–Crippen MR) is 101 cm³/mol. The summed E-state index contributed by atoms with van der Waals surface area (Å²) < 4.78 is 1.90. The standard InChI is InChI=1S/C18H12Br2N2O3/c19-14-4-2-1-3-11(14)9-12-6-5-10(8-15(12)20)7-13-16(23)21-18(25)22-17(13)24/h1-8H,9H2,(H2,21,22,23,24,25). The molecule has 126 valence electrons. The number of benzene rings is 2. The van der Waals surface area contributed by atoms with E-state index >= 15 is 0 Å². The molecule has 1 aliphatic heterocycles. The minimum Gasteiger partial charge on any atom is -0.273 e. The van der Waals surface area contributed by atoms with Crippen molar-refractivity contribution in [1.29, 1.82) is 0 Å². The fourth-order valence-corrected chi connectivity index (χ4v) is 3.38. The zero-order chi connectivity index (χ0) is 18.0. The number of hydrogen-bond donors (Lipinski definition) is 2. The van der Waals surface area contributed by atoms with Crippen LogP contribution in [0.1, 0.15) is 16.7 Å². The van der Waals surface area contributed by atoms with Crippen LogP contribution >= 0.6 is 31.9 Å². The lowest BCUT2D eigenvalue weighted by Gasteiger charge is -2.14. The molecule has 2 N–H and O–H groups in total. The Morgan fingerprint density at radius 2 is 1.48 bits per heavy atom. The zero-order valence-electron chi connectivity index (χ0n) is 12.8. The minimum atomic E-state index is -0.808. The topological polar surface area (TPSA) is 75.3 Å². The average Bonchev–Trinajstić information content (AvgIpc) is 2.55. The summed E-state index contributed by atoms with van der Waals surface area (Å²) in [5, 5.41) is 4.10. The number of amides is 4. The van der Waals surface area contributed by atoms with Crippen molar-refractivity contribution in [2.45, 2.75) is 6.42 Å². The Kier molecular flexibility index (Phi) is 5.15. The molecule has 0 aliphatic carbocycles. The Balaban J connectivity index is 1.86. The van der Waals surface area contributed by atoms with Crippen LogP contribution in [0.2, 0.25) is 0 Å². The second-order valence-corrected chi connectivity index (χ2v) is 7.12. The van der Waals surface area contributed by atoms with Gasteiger partial charge in [0.1, 0.15) is 5.57 Å². The van der Waals surface area contributed by atoms with Crippen molar-refractivity contribution < 1.29 is 14.4 Å². The largest absolute Gasteiger partial charge is 0.328 e. The van der Waals surface area contributed by atoms with Crippen molar-refractivity contribution in [3.8, 4) is 0 Å². The summed E-state index contributed by atoms with van der Waals surface area (Å²) in [6.45, 7) is 0. The Labute approximate surface area is 160 Å². The lowest BCUT2D eigenvalue weighted by atomic mass is 10.0.